The van der Waals surface area contributed by atoms with Crippen LogP contribution in [-0.2, 0) is 14.9 Å². The van der Waals surface area contributed by atoms with Crippen molar-refractivity contribution in [1.82, 2.24) is 4.90 Å². The van der Waals surface area contributed by atoms with Gasteiger partial charge < -0.3 is 15.0 Å². The molecule has 0 fully saturated rings. The SMILES string of the molecule is CC(C)C1(C)C(=O)Nc2cc(C3=CCN(C(=O)OC(C)(C)C)CC3)ccc21. The lowest BCUT2D eigenvalue weighted by Gasteiger charge is -2.30. The molecule has 1 unspecified atom stereocenters. The van der Waals surface area contributed by atoms with E-state index in [4.69, 9.17) is 4.74 Å². The molecule has 0 bridgehead atoms. The van der Waals surface area contributed by atoms with Gasteiger partial charge in [-0.25, -0.2) is 4.79 Å². The molecular weight excluding hydrogens is 340 g/mol. The normalized spacial score (nSPS) is 22.4. The standard InChI is InChI=1S/C22H30N2O3/c1-14(2)22(6)17-8-7-16(13-18(17)23-19(22)25)15-9-11-24(12-10-15)20(26)27-21(3,4)5/h7-9,13-14H,10-12H2,1-6H3,(H,23,25). The summed E-state index contributed by atoms with van der Waals surface area (Å²) in [6.07, 6.45) is 2.58. The number of nitrogens with zero attached hydrogens (tertiary/aromatic N) is 1. The summed E-state index contributed by atoms with van der Waals surface area (Å²) in [6, 6.07) is 6.23. The number of amides is 2. The van der Waals surface area contributed by atoms with Crippen LogP contribution in [-0.4, -0.2) is 35.6 Å². The molecule has 27 heavy (non-hydrogen) atoms. The van der Waals surface area contributed by atoms with E-state index in [0.717, 1.165) is 23.2 Å². The van der Waals surface area contributed by atoms with Crippen molar-refractivity contribution in [3.63, 3.8) is 0 Å². The third-order valence-corrected chi connectivity index (χ3v) is 5.69. The summed E-state index contributed by atoms with van der Waals surface area (Å²) in [5, 5.41) is 3.05. The van der Waals surface area contributed by atoms with Crippen LogP contribution in [0.25, 0.3) is 5.57 Å². The van der Waals surface area contributed by atoms with Crippen LogP contribution in [0.15, 0.2) is 24.3 Å². The van der Waals surface area contributed by atoms with Gasteiger partial charge in [0.05, 0.1) is 5.41 Å². The lowest BCUT2D eigenvalue weighted by Crippen LogP contribution is -2.39. The van der Waals surface area contributed by atoms with Gasteiger partial charge in [-0.05, 0) is 62.8 Å². The highest BCUT2D eigenvalue weighted by Gasteiger charge is 2.45. The highest BCUT2D eigenvalue weighted by Crippen LogP contribution is 2.43. The maximum absolute atomic E-state index is 12.5. The largest absolute Gasteiger partial charge is 0.444 e. The van der Waals surface area contributed by atoms with Crippen LogP contribution >= 0.6 is 0 Å². The first-order valence-corrected chi connectivity index (χ1v) is 9.65. The Morgan fingerprint density at radius 2 is 2.00 bits per heavy atom. The molecule has 0 saturated heterocycles. The molecule has 2 aliphatic heterocycles. The second-order valence-electron chi connectivity index (χ2n) is 8.98. The van der Waals surface area contributed by atoms with Crippen molar-refractivity contribution in [2.24, 2.45) is 5.92 Å². The second kappa shape index (κ2) is 6.70. The Morgan fingerprint density at radius 1 is 1.30 bits per heavy atom. The molecule has 0 spiro atoms. The van der Waals surface area contributed by atoms with Crippen LogP contribution in [0.5, 0.6) is 0 Å². The number of hydrogen-bond acceptors (Lipinski definition) is 3. The van der Waals surface area contributed by atoms with Crippen molar-refractivity contribution >= 4 is 23.3 Å². The Labute approximate surface area is 161 Å². The molecule has 3 rings (SSSR count). The first kappa shape index (κ1) is 19.5. The van der Waals surface area contributed by atoms with Crippen LogP contribution in [0.1, 0.15) is 59.1 Å². The minimum atomic E-state index is -0.484. The molecule has 2 heterocycles. The predicted octanol–water partition coefficient (Wildman–Crippen LogP) is 4.58. The van der Waals surface area contributed by atoms with Gasteiger partial charge in [-0.15, -0.1) is 0 Å². The van der Waals surface area contributed by atoms with Crippen molar-refractivity contribution in [3.05, 3.63) is 35.4 Å². The minimum absolute atomic E-state index is 0.0679. The first-order valence-electron chi connectivity index (χ1n) is 9.65. The molecule has 1 atom stereocenters. The van der Waals surface area contributed by atoms with E-state index in [1.54, 1.807) is 4.90 Å². The van der Waals surface area contributed by atoms with Crippen LogP contribution in [0.4, 0.5) is 10.5 Å². The average molecular weight is 370 g/mol. The topological polar surface area (TPSA) is 58.6 Å². The molecule has 1 N–H and O–H groups in total. The van der Waals surface area contributed by atoms with Gasteiger partial charge in [0, 0.05) is 18.8 Å². The van der Waals surface area contributed by atoms with Crippen LogP contribution < -0.4 is 5.32 Å². The number of hydrogen-bond donors (Lipinski definition) is 1. The number of benzene rings is 1. The third-order valence-electron chi connectivity index (χ3n) is 5.69. The van der Waals surface area contributed by atoms with E-state index in [2.05, 4.69) is 43.4 Å². The van der Waals surface area contributed by atoms with Crippen LogP contribution in [0, 0.1) is 5.92 Å². The molecule has 2 aliphatic rings. The first-order chi connectivity index (χ1) is 12.5. The molecular formula is C22H30N2O3. The Hall–Kier alpha value is -2.30. The fourth-order valence-corrected chi connectivity index (χ4v) is 3.67. The lowest BCUT2D eigenvalue weighted by molar-refractivity contribution is -0.121. The monoisotopic (exact) mass is 370 g/mol. The second-order valence-corrected chi connectivity index (χ2v) is 8.98. The van der Waals surface area contributed by atoms with Gasteiger partial charge in [-0.2, -0.15) is 0 Å². The smallest absolute Gasteiger partial charge is 0.410 e. The molecule has 0 saturated carbocycles. The summed E-state index contributed by atoms with van der Waals surface area (Å²) in [5.41, 5.74) is 3.31. The molecule has 1 aromatic carbocycles. The number of fused-ring (bicyclic) bond motifs is 1. The fourth-order valence-electron chi connectivity index (χ4n) is 3.67. The Bertz CT molecular complexity index is 804. The number of rotatable bonds is 2. The van der Waals surface area contributed by atoms with Gasteiger partial charge in [-0.1, -0.05) is 32.1 Å². The Balaban J connectivity index is 1.77. The summed E-state index contributed by atoms with van der Waals surface area (Å²) in [4.78, 5) is 26.5. The van der Waals surface area contributed by atoms with E-state index in [-0.39, 0.29) is 17.9 Å². The van der Waals surface area contributed by atoms with Crippen LogP contribution in [0.3, 0.4) is 0 Å². The highest BCUT2D eigenvalue weighted by atomic mass is 16.6. The van der Waals surface area contributed by atoms with E-state index < -0.39 is 11.0 Å². The van der Waals surface area contributed by atoms with Gasteiger partial charge in [0.15, 0.2) is 0 Å². The molecule has 5 heteroatoms. The van der Waals surface area contributed by atoms with Crippen molar-refractivity contribution in [3.8, 4) is 0 Å². The summed E-state index contributed by atoms with van der Waals surface area (Å²) < 4.78 is 5.45. The summed E-state index contributed by atoms with van der Waals surface area (Å²) in [6.45, 7) is 13.0. The summed E-state index contributed by atoms with van der Waals surface area (Å²) >= 11 is 0. The molecule has 5 nitrogen and oxygen atoms in total. The van der Waals surface area contributed by atoms with E-state index in [1.165, 1.54) is 5.57 Å². The summed E-state index contributed by atoms with van der Waals surface area (Å²) in [7, 11) is 0. The minimum Gasteiger partial charge on any atom is -0.444 e. The number of nitrogens with one attached hydrogen (secondary N) is 1. The number of ether oxygens (including phenoxy) is 1. The zero-order valence-corrected chi connectivity index (χ0v) is 17.2. The lowest BCUT2D eigenvalue weighted by atomic mass is 9.74. The van der Waals surface area contributed by atoms with E-state index >= 15 is 0 Å². The molecule has 0 aliphatic carbocycles. The number of carbonyl (C=O) groups excluding carboxylic acids is 2. The highest BCUT2D eigenvalue weighted by molar-refractivity contribution is 6.06. The molecule has 1 aromatic rings. The van der Waals surface area contributed by atoms with Crippen molar-refractivity contribution < 1.29 is 14.3 Å². The summed E-state index contributed by atoms with van der Waals surface area (Å²) in [5.74, 6) is 0.291. The van der Waals surface area contributed by atoms with Crippen molar-refractivity contribution in [2.75, 3.05) is 18.4 Å². The molecule has 0 aromatic heterocycles. The molecule has 146 valence electrons. The maximum atomic E-state index is 12.5. The number of anilines is 1. The van der Waals surface area contributed by atoms with E-state index in [1.807, 2.05) is 27.7 Å². The van der Waals surface area contributed by atoms with Crippen molar-refractivity contribution in [1.29, 1.82) is 0 Å². The Kier molecular flexibility index (Phi) is 4.83. The average Bonchev–Trinajstić information content (AvgIpc) is 2.85. The van der Waals surface area contributed by atoms with Gasteiger partial charge in [0.25, 0.3) is 0 Å². The predicted molar refractivity (Wildman–Crippen MR) is 108 cm³/mol. The van der Waals surface area contributed by atoms with Gasteiger partial charge in [0.1, 0.15) is 5.60 Å². The van der Waals surface area contributed by atoms with Crippen molar-refractivity contribution in [2.45, 2.75) is 59.0 Å². The Morgan fingerprint density at radius 3 is 2.56 bits per heavy atom. The molecule has 0 radical (unpaired) electrons. The zero-order valence-electron chi connectivity index (χ0n) is 17.2. The maximum Gasteiger partial charge on any atom is 0.410 e. The molecule has 2 amide bonds. The zero-order chi connectivity index (χ0) is 20.0. The quantitative estimate of drug-likeness (QED) is 0.829. The fraction of sp³-hybridized carbons (Fsp3) is 0.545. The van der Waals surface area contributed by atoms with E-state index in [0.29, 0.717) is 13.1 Å². The van der Waals surface area contributed by atoms with Gasteiger partial charge in [0.2, 0.25) is 5.91 Å². The van der Waals surface area contributed by atoms with Crippen LogP contribution in [0.2, 0.25) is 0 Å². The van der Waals surface area contributed by atoms with E-state index in [9.17, 15) is 9.59 Å². The van der Waals surface area contributed by atoms with Gasteiger partial charge >= 0.3 is 6.09 Å². The van der Waals surface area contributed by atoms with Gasteiger partial charge in [-0.3, -0.25) is 4.79 Å². The number of carbonyl (C=O) groups is 2. The third kappa shape index (κ3) is 3.60.